The van der Waals surface area contributed by atoms with E-state index in [0.29, 0.717) is 6.54 Å². The van der Waals surface area contributed by atoms with Gasteiger partial charge in [0.15, 0.2) is 11.5 Å². The van der Waals surface area contributed by atoms with Crippen molar-refractivity contribution in [1.82, 2.24) is 4.90 Å². The van der Waals surface area contributed by atoms with Crippen molar-refractivity contribution in [3.05, 3.63) is 47.0 Å². The molecule has 0 radical (unpaired) electrons. The molecule has 1 unspecified atom stereocenters. The molecule has 25 heavy (non-hydrogen) atoms. The van der Waals surface area contributed by atoms with Crippen molar-refractivity contribution in [2.75, 3.05) is 6.54 Å². The van der Waals surface area contributed by atoms with E-state index in [1.54, 1.807) is 18.2 Å². The van der Waals surface area contributed by atoms with Crippen LogP contribution in [0.4, 0.5) is 4.39 Å². The van der Waals surface area contributed by atoms with Gasteiger partial charge in [-0.2, -0.15) is 0 Å². The lowest BCUT2D eigenvalue weighted by atomic mass is 9.92. The van der Waals surface area contributed by atoms with E-state index in [2.05, 4.69) is 0 Å². The van der Waals surface area contributed by atoms with E-state index in [0.717, 1.165) is 19.3 Å². The Labute approximate surface area is 148 Å². The molecule has 1 amide bonds. The van der Waals surface area contributed by atoms with Gasteiger partial charge < -0.3 is 10.0 Å². The lowest BCUT2D eigenvalue weighted by molar-refractivity contribution is -0.129. The Morgan fingerprint density at radius 1 is 1.28 bits per heavy atom. The average molecular weight is 347 g/mol. The molecule has 0 aromatic heterocycles. The number of amides is 1. The molecular formula is C20H26FNO3. The summed E-state index contributed by atoms with van der Waals surface area (Å²) in [7, 11) is 0. The monoisotopic (exact) mass is 347 g/mol. The number of unbranched alkanes of at least 4 members (excludes halogenated alkanes) is 2. The molecule has 0 bridgehead atoms. The molecule has 1 atom stereocenters. The minimum atomic E-state index is -0.850. The molecule has 4 nitrogen and oxygen atoms in total. The molecule has 0 spiro atoms. The first kappa shape index (κ1) is 19.2. The van der Waals surface area contributed by atoms with Crippen molar-refractivity contribution in [2.45, 2.75) is 52.5 Å². The van der Waals surface area contributed by atoms with Crippen LogP contribution in [-0.2, 0) is 9.59 Å². The molecule has 1 N–H and O–H groups in total. The molecule has 1 heterocycles. The number of carbonyl (C=O) groups is 2. The zero-order valence-electron chi connectivity index (χ0n) is 15.1. The van der Waals surface area contributed by atoms with Crippen LogP contribution in [0.1, 0.15) is 58.1 Å². The number of nitrogens with zero attached hydrogens (tertiary/aromatic N) is 1. The minimum absolute atomic E-state index is 0.0281. The van der Waals surface area contributed by atoms with Gasteiger partial charge in [0.1, 0.15) is 5.82 Å². The van der Waals surface area contributed by atoms with E-state index in [-0.39, 0.29) is 29.3 Å². The highest BCUT2D eigenvalue weighted by molar-refractivity contribution is 6.09. The molecule has 5 heteroatoms. The lowest BCUT2D eigenvalue weighted by Crippen LogP contribution is -2.32. The number of hydrogen-bond donors (Lipinski definition) is 1. The van der Waals surface area contributed by atoms with Crippen LogP contribution in [-0.4, -0.2) is 28.2 Å². The van der Waals surface area contributed by atoms with E-state index < -0.39 is 23.5 Å². The average Bonchev–Trinajstić information content (AvgIpc) is 2.80. The number of halogens is 1. The van der Waals surface area contributed by atoms with Crippen LogP contribution in [0.25, 0.3) is 0 Å². The van der Waals surface area contributed by atoms with Crippen LogP contribution in [0.2, 0.25) is 0 Å². The molecule has 1 aromatic rings. The molecule has 1 aromatic carbocycles. The van der Waals surface area contributed by atoms with Crippen molar-refractivity contribution >= 4 is 11.7 Å². The van der Waals surface area contributed by atoms with Gasteiger partial charge in [0.05, 0.1) is 11.6 Å². The number of benzene rings is 1. The van der Waals surface area contributed by atoms with Crippen LogP contribution in [0, 0.1) is 11.7 Å². The first-order valence-corrected chi connectivity index (χ1v) is 8.90. The summed E-state index contributed by atoms with van der Waals surface area (Å²) in [5, 5.41) is 10.3. The predicted octanol–water partition coefficient (Wildman–Crippen LogP) is 4.33. The largest absolute Gasteiger partial charge is 0.503 e. The third-order valence-electron chi connectivity index (χ3n) is 4.40. The van der Waals surface area contributed by atoms with Crippen molar-refractivity contribution in [3.63, 3.8) is 0 Å². The maximum atomic E-state index is 14.4. The number of aliphatic hydroxyl groups excluding tert-OH is 1. The first-order valence-electron chi connectivity index (χ1n) is 8.90. The fourth-order valence-corrected chi connectivity index (χ4v) is 3.20. The predicted molar refractivity (Wildman–Crippen MR) is 94.5 cm³/mol. The number of carbonyl (C=O) groups excluding carboxylic acids is 2. The van der Waals surface area contributed by atoms with Crippen molar-refractivity contribution in [1.29, 1.82) is 0 Å². The van der Waals surface area contributed by atoms with Gasteiger partial charge in [-0.3, -0.25) is 9.59 Å². The number of rotatable bonds is 8. The Balaban J connectivity index is 2.45. The second-order valence-electron chi connectivity index (χ2n) is 6.91. The summed E-state index contributed by atoms with van der Waals surface area (Å²) in [6.45, 7) is 6.22. The number of hydrogen-bond acceptors (Lipinski definition) is 3. The summed E-state index contributed by atoms with van der Waals surface area (Å²) in [6.07, 6.45) is 2.85. The molecule has 0 saturated heterocycles. The maximum absolute atomic E-state index is 14.4. The Hall–Kier alpha value is -2.17. The van der Waals surface area contributed by atoms with Crippen molar-refractivity contribution in [2.24, 2.45) is 5.92 Å². The third-order valence-corrected chi connectivity index (χ3v) is 4.40. The quantitative estimate of drug-likeness (QED) is 0.712. The Morgan fingerprint density at radius 2 is 1.96 bits per heavy atom. The van der Waals surface area contributed by atoms with Gasteiger partial charge in [-0.25, -0.2) is 4.39 Å². The third kappa shape index (κ3) is 4.09. The van der Waals surface area contributed by atoms with Crippen LogP contribution >= 0.6 is 0 Å². The molecule has 1 aliphatic heterocycles. The highest BCUT2D eigenvalue weighted by atomic mass is 19.1. The second kappa shape index (κ2) is 8.28. The summed E-state index contributed by atoms with van der Waals surface area (Å²) < 4.78 is 14.4. The Kier molecular flexibility index (Phi) is 6.34. The SMILES string of the molecule is CCCCCN1C(=O)C(O)=C(C(=O)CC(C)C)C1c1ccccc1F. The fourth-order valence-electron chi connectivity index (χ4n) is 3.20. The number of ketones is 1. The highest BCUT2D eigenvalue weighted by Crippen LogP contribution is 2.39. The van der Waals surface area contributed by atoms with E-state index in [1.807, 2.05) is 20.8 Å². The second-order valence-corrected chi connectivity index (χ2v) is 6.91. The Morgan fingerprint density at radius 3 is 2.56 bits per heavy atom. The van der Waals surface area contributed by atoms with Crippen LogP contribution in [0.3, 0.4) is 0 Å². The van der Waals surface area contributed by atoms with E-state index in [1.165, 1.54) is 11.0 Å². The molecule has 0 aliphatic carbocycles. The number of aliphatic hydroxyl groups is 1. The molecule has 0 saturated carbocycles. The topological polar surface area (TPSA) is 57.6 Å². The van der Waals surface area contributed by atoms with Crippen molar-refractivity contribution < 1.29 is 19.1 Å². The summed E-state index contributed by atoms with van der Waals surface area (Å²) in [5.74, 6) is -1.82. The normalized spacial score (nSPS) is 17.7. The van der Waals surface area contributed by atoms with Crippen LogP contribution in [0.5, 0.6) is 0 Å². The summed E-state index contributed by atoms with van der Waals surface area (Å²) in [4.78, 5) is 26.6. The van der Waals surface area contributed by atoms with Crippen LogP contribution in [0.15, 0.2) is 35.6 Å². The van der Waals surface area contributed by atoms with Crippen LogP contribution < -0.4 is 0 Å². The summed E-state index contributed by atoms with van der Waals surface area (Å²) in [5.41, 5.74) is 0.281. The van der Waals surface area contributed by atoms with E-state index in [9.17, 15) is 19.1 Å². The molecular weight excluding hydrogens is 321 g/mol. The zero-order valence-corrected chi connectivity index (χ0v) is 15.1. The van der Waals surface area contributed by atoms with Gasteiger partial charge in [-0.1, -0.05) is 51.8 Å². The van der Waals surface area contributed by atoms with Gasteiger partial charge in [-0.15, -0.1) is 0 Å². The minimum Gasteiger partial charge on any atom is -0.503 e. The highest BCUT2D eigenvalue weighted by Gasteiger charge is 2.43. The smallest absolute Gasteiger partial charge is 0.290 e. The molecule has 0 fully saturated rings. The zero-order chi connectivity index (χ0) is 18.6. The number of Topliss-reactive ketones (excluding diaryl/α,β-unsaturated/α-hetero) is 1. The summed E-state index contributed by atoms with van der Waals surface area (Å²) in [6, 6.07) is 5.27. The van der Waals surface area contributed by atoms with E-state index >= 15 is 0 Å². The van der Waals surface area contributed by atoms with Gasteiger partial charge in [0, 0.05) is 18.5 Å². The first-order chi connectivity index (χ1) is 11.9. The van der Waals surface area contributed by atoms with Gasteiger partial charge in [-0.05, 0) is 18.4 Å². The Bertz CT molecular complexity index is 681. The molecule has 136 valence electrons. The maximum Gasteiger partial charge on any atom is 0.290 e. The van der Waals surface area contributed by atoms with Gasteiger partial charge in [0.25, 0.3) is 5.91 Å². The van der Waals surface area contributed by atoms with Gasteiger partial charge >= 0.3 is 0 Å². The van der Waals surface area contributed by atoms with Crippen molar-refractivity contribution in [3.8, 4) is 0 Å². The molecule has 2 rings (SSSR count). The summed E-state index contributed by atoms with van der Waals surface area (Å²) >= 11 is 0. The fraction of sp³-hybridized carbons (Fsp3) is 0.500. The van der Waals surface area contributed by atoms with E-state index in [4.69, 9.17) is 0 Å². The molecule has 1 aliphatic rings. The lowest BCUT2D eigenvalue weighted by Gasteiger charge is -2.27. The van der Waals surface area contributed by atoms with Gasteiger partial charge in [0.2, 0.25) is 0 Å². The standard InChI is InChI=1S/C20H26FNO3/c1-4-5-8-11-22-18(14-9-6-7-10-15(14)21)17(19(24)20(22)25)16(23)12-13(2)3/h6-7,9-10,13,18,24H,4-5,8,11-12H2,1-3H3.